The zero-order chi connectivity index (χ0) is 15.5. The van der Waals surface area contributed by atoms with Crippen molar-refractivity contribution in [2.45, 2.75) is 27.2 Å². The van der Waals surface area contributed by atoms with Crippen LogP contribution in [0.3, 0.4) is 0 Å². The molecule has 0 spiro atoms. The lowest BCUT2D eigenvalue weighted by atomic mass is 10.0. The Hall–Kier alpha value is -1.90. The molecule has 2 unspecified atom stereocenters. The second-order valence-electron chi connectivity index (χ2n) is 6.10. The van der Waals surface area contributed by atoms with E-state index in [1.807, 2.05) is 57.2 Å². The fourth-order valence-electron chi connectivity index (χ4n) is 2.87. The first-order valence-electron chi connectivity index (χ1n) is 7.37. The van der Waals surface area contributed by atoms with Crippen molar-refractivity contribution in [3.63, 3.8) is 0 Å². The van der Waals surface area contributed by atoms with Crippen LogP contribution < -0.4 is 0 Å². The summed E-state index contributed by atoms with van der Waals surface area (Å²) in [7, 11) is 0. The smallest absolute Gasteiger partial charge is 0.310 e. The van der Waals surface area contributed by atoms with Crippen LogP contribution >= 0.6 is 0 Å². The van der Waals surface area contributed by atoms with Crippen LogP contribution in [-0.4, -0.2) is 18.9 Å². The first-order chi connectivity index (χ1) is 10.0. The molecule has 1 aliphatic rings. The van der Waals surface area contributed by atoms with Gasteiger partial charge in [0.25, 0.3) is 0 Å². The van der Waals surface area contributed by atoms with Crippen LogP contribution in [0.2, 0.25) is 0 Å². The Labute approximate surface area is 126 Å². The number of carbonyl (C=O) groups is 2. The van der Waals surface area contributed by atoms with E-state index >= 15 is 0 Å². The molecule has 112 valence electrons. The Morgan fingerprint density at radius 1 is 1.29 bits per heavy atom. The van der Waals surface area contributed by atoms with Crippen molar-refractivity contribution in [3.05, 3.63) is 47.5 Å². The van der Waals surface area contributed by atoms with E-state index in [1.54, 1.807) is 0 Å². The van der Waals surface area contributed by atoms with Gasteiger partial charge in [-0.05, 0) is 29.4 Å². The van der Waals surface area contributed by atoms with Gasteiger partial charge in [0.05, 0.1) is 12.5 Å². The SMILES string of the molecule is CCOC(=O)C1C(C=C(C=O)Cc2ccccc2)C1(C)C. The molecule has 21 heavy (non-hydrogen) atoms. The van der Waals surface area contributed by atoms with E-state index in [9.17, 15) is 9.59 Å². The van der Waals surface area contributed by atoms with Crippen molar-refractivity contribution in [3.8, 4) is 0 Å². The van der Waals surface area contributed by atoms with Gasteiger partial charge < -0.3 is 4.74 Å². The zero-order valence-corrected chi connectivity index (χ0v) is 12.8. The number of hydrogen-bond acceptors (Lipinski definition) is 3. The Morgan fingerprint density at radius 2 is 1.95 bits per heavy atom. The highest BCUT2D eigenvalue weighted by Crippen LogP contribution is 2.59. The van der Waals surface area contributed by atoms with E-state index in [2.05, 4.69) is 0 Å². The average molecular weight is 286 g/mol. The third-order valence-corrected chi connectivity index (χ3v) is 4.25. The van der Waals surface area contributed by atoms with Gasteiger partial charge in [-0.15, -0.1) is 0 Å². The number of aldehydes is 1. The van der Waals surface area contributed by atoms with Crippen molar-refractivity contribution in [1.29, 1.82) is 0 Å². The molecule has 3 heteroatoms. The van der Waals surface area contributed by atoms with E-state index in [0.29, 0.717) is 13.0 Å². The first kappa shape index (κ1) is 15.5. The molecule has 0 aromatic heterocycles. The maximum absolute atomic E-state index is 11.9. The van der Waals surface area contributed by atoms with Gasteiger partial charge in [-0.3, -0.25) is 9.59 Å². The number of ether oxygens (including phenoxy) is 1. The fraction of sp³-hybridized carbons (Fsp3) is 0.444. The summed E-state index contributed by atoms with van der Waals surface area (Å²) >= 11 is 0. The number of rotatable bonds is 6. The van der Waals surface area contributed by atoms with E-state index in [-0.39, 0.29) is 23.2 Å². The Balaban J connectivity index is 2.10. The molecule has 2 rings (SSSR count). The van der Waals surface area contributed by atoms with Crippen molar-refractivity contribution >= 4 is 12.3 Å². The van der Waals surface area contributed by atoms with Gasteiger partial charge in [-0.2, -0.15) is 0 Å². The lowest BCUT2D eigenvalue weighted by Gasteiger charge is -2.02. The summed E-state index contributed by atoms with van der Waals surface area (Å²) in [5, 5.41) is 0. The first-order valence-corrected chi connectivity index (χ1v) is 7.37. The molecule has 1 saturated carbocycles. The predicted molar refractivity (Wildman–Crippen MR) is 81.7 cm³/mol. The van der Waals surface area contributed by atoms with Crippen LogP contribution in [0, 0.1) is 17.3 Å². The topological polar surface area (TPSA) is 43.4 Å². The quantitative estimate of drug-likeness (QED) is 0.458. The molecule has 1 aromatic carbocycles. The third kappa shape index (κ3) is 3.41. The maximum atomic E-state index is 11.9. The van der Waals surface area contributed by atoms with Gasteiger partial charge in [0, 0.05) is 6.42 Å². The van der Waals surface area contributed by atoms with E-state index < -0.39 is 0 Å². The summed E-state index contributed by atoms with van der Waals surface area (Å²) < 4.78 is 5.11. The van der Waals surface area contributed by atoms with Crippen LogP contribution in [0.1, 0.15) is 26.3 Å². The van der Waals surface area contributed by atoms with Gasteiger partial charge in [0.1, 0.15) is 6.29 Å². The fourth-order valence-corrected chi connectivity index (χ4v) is 2.87. The number of carbonyl (C=O) groups excluding carboxylic acids is 2. The minimum Gasteiger partial charge on any atom is -0.466 e. The second-order valence-corrected chi connectivity index (χ2v) is 6.10. The zero-order valence-electron chi connectivity index (χ0n) is 12.8. The van der Waals surface area contributed by atoms with Gasteiger partial charge >= 0.3 is 5.97 Å². The summed E-state index contributed by atoms with van der Waals surface area (Å²) in [6.45, 7) is 6.29. The minimum atomic E-state index is -0.159. The van der Waals surface area contributed by atoms with Crippen LogP contribution in [0.5, 0.6) is 0 Å². The second kappa shape index (κ2) is 6.25. The number of esters is 1. The predicted octanol–water partition coefficient (Wildman–Crippen LogP) is 3.19. The van der Waals surface area contributed by atoms with Crippen molar-refractivity contribution in [1.82, 2.24) is 0 Å². The molecule has 0 N–H and O–H groups in total. The molecule has 1 aromatic rings. The number of hydrogen-bond donors (Lipinski definition) is 0. The summed E-state index contributed by atoms with van der Waals surface area (Å²) in [6, 6.07) is 9.87. The highest BCUT2D eigenvalue weighted by molar-refractivity contribution is 5.80. The molecule has 0 aliphatic heterocycles. The Bertz CT molecular complexity index is 543. The highest BCUT2D eigenvalue weighted by atomic mass is 16.5. The van der Waals surface area contributed by atoms with Crippen LogP contribution in [0.4, 0.5) is 0 Å². The van der Waals surface area contributed by atoms with E-state index in [1.165, 1.54) is 0 Å². The molecule has 2 atom stereocenters. The summed E-state index contributed by atoms with van der Waals surface area (Å²) in [6.07, 6.45) is 3.44. The van der Waals surface area contributed by atoms with Gasteiger partial charge in [-0.1, -0.05) is 50.3 Å². The van der Waals surface area contributed by atoms with E-state index in [4.69, 9.17) is 4.74 Å². The molecule has 3 nitrogen and oxygen atoms in total. The molecule has 1 fully saturated rings. The molecule has 0 heterocycles. The van der Waals surface area contributed by atoms with E-state index in [0.717, 1.165) is 17.4 Å². The molecular weight excluding hydrogens is 264 g/mol. The normalized spacial score (nSPS) is 23.5. The van der Waals surface area contributed by atoms with Gasteiger partial charge in [0.2, 0.25) is 0 Å². The summed E-state index contributed by atoms with van der Waals surface area (Å²) in [5.74, 6) is -0.211. The van der Waals surface area contributed by atoms with Gasteiger partial charge in [-0.25, -0.2) is 0 Å². The standard InChI is InChI=1S/C18H22O3/c1-4-21-17(20)16-15(18(16,2)3)11-14(12-19)10-13-8-6-5-7-9-13/h5-9,11-12,15-16H,4,10H2,1-3H3. The number of benzene rings is 1. The van der Waals surface area contributed by atoms with Crippen LogP contribution in [-0.2, 0) is 20.7 Å². The molecular formula is C18H22O3. The minimum absolute atomic E-state index is 0.0838. The van der Waals surface area contributed by atoms with Crippen LogP contribution in [0.25, 0.3) is 0 Å². The molecule has 0 amide bonds. The van der Waals surface area contributed by atoms with Crippen molar-refractivity contribution < 1.29 is 14.3 Å². The summed E-state index contributed by atoms with van der Waals surface area (Å²) in [4.78, 5) is 23.2. The largest absolute Gasteiger partial charge is 0.466 e. The van der Waals surface area contributed by atoms with Crippen molar-refractivity contribution in [2.75, 3.05) is 6.61 Å². The Kier molecular flexibility index (Phi) is 4.61. The molecule has 0 radical (unpaired) electrons. The highest BCUT2D eigenvalue weighted by Gasteiger charge is 2.61. The van der Waals surface area contributed by atoms with Crippen LogP contribution in [0.15, 0.2) is 42.0 Å². The lowest BCUT2D eigenvalue weighted by Crippen LogP contribution is -2.10. The molecule has 0 saturated heterocycles. The molecule has 1 aliphatic carbocycles. The number of allylic oxidation sites excluding steroid dienone is 2. The monoisotopic (exact) mass is 286 g/mol. The summed E-state index contributed by atoms with van der Waals surface area (Å²) in [5.41, 5.74) is 1.70. The maximum Gasteiger partial charge on any atom is 0.310 e. The average Bonchev–Trinajstić information content (AvgIpc) is 3.00. The van der Waals surface area contributed by atoms with Crippen molar-refractivity contribution in [2.24, 2.45) is 17.3 Å². The third-order valence-electron chi connectivity index (χ3n) is 4.25. The Morgan fingerprint density at radius 3 is 2.52 bits per heavy atom. The lowest BCUT2D eigenvalue weighted by molar-refractivity contribution is -0.145. The molecule has 0 bridgehead atoms. The van der Waals surface area contributed by atoms with Gasteiger partial charge in [0.15, 0.2) is 0 Å².